The third-order valence-corrected chi connectivity index (χ3v) is 3.88. The average Bonchev–Trinajstić information content (AvgIpc) is 3.24. The first kappa shape index (κ1) is 15.6. The first-order chi connectivity index (χ1) is 11.2. The van der Waals surface area contributed by atoms with E-state index < -0.39 is 6.10 Å². The number of hydrogen-bond donors (Lipinski definition) is 0. The quantitative estimate of drug-likeness (QED) is 0.790. The number of nitrogens with zero attached hydrogens (tertiary/aromatic N) is 1. The van der Waals surface area contributed by atoms with Crippen LogP contribution in [0, 0.1) is 0 Å². The maximum Gasteiger partial charge on any atom is 0.337 e. The van der Waals surface area contributed by atoms with Gasteiger partial charge in [-0.15, -0.1) is 0 Å². The molecular formula is C17H19NO5. The van der Waals surface area contributed by atoms with Gasteiger partial charge in [-0.25, -0.2) is 4.79 Å². The van der Waals surface area contributed by atoms with Crippen LogP contribution in [0.5, 0.6) is 5.75 Å². The summed E-state index contributed by atoms with van der Waals surface area (Å²) in [6.45, 7) is 0.531. The van der Waals surface area contributed by atoms with Crippen molar-refractivity contribution in [2.45, 2.75) is 25.1 Å². The predicted octanol–water partition coefficient (Wildman–Crippen LogP) is 2.71. The lowest BCUT2D eigenvalue weighted by atomic mass is 10.1. The van der Waals surface area contributed by atoms with Gasteiger partial charge in [0.2, 0.25) is 0 Å². The van der Waals surface area contributed by atoms with Crippen LogP contribution in [-0.2, 0) is 20.9 Å². The first-order valence-corrected chi connectivity index (χ1v) is 7.39. The number of rotatable bonds is 5. The monoisotopic (exact) mass is 317 g/mol. The largest absolute Gasteiger partial charge is 0.497 e. The van der Waals surface area contributed by atoms with Gasteiger partial charge >= 0.3 is 5.97 Å². The van der Waals surface area contributed by atoms with Gasteiger partial charge < -0.3 is 13.9 Å². The van der Waals surface area contributed by atoms with Crippen LogP contribution in [0.1, 0.15) is 23.8 Å². The third kappa shape index (κ3) is 3.38. The second kappa shape index (κ2) is 6.85. The Morgan fingerprint density at radius 3 is 2.65 bits per heavy atom. The molecule has 0 unspecified atom stereocenters. The molecule has 2 aromatic rings. The van der Waals surface area contributed by atoms with Crippen LogP contribution in [0.2, 0.25) is 0 Å². The van der Waals surface area contributed by atoms with Gasteiger partial charge in [0.05, 0.1) is 26.5 Å². The molecule has 0 bridgehead atoms. The molecule has 1 saturated heterocycles. The summed E-state index contributed by atoms with van der Waals surface area (Å²) in [4.78, 5) is 17.6. The highest BCUT2D eigenvalue weighted by Gasteiger charge is 2.40. The molecule has 0 aliphatic carbocycles. The second-order valence-electron chi connectivity index (χ2n) is 5.31. The molecule has 0 radical (unpaired) electrons. The molecular weight excluding hydrogens is 298 g/mol. The minimum Gasteiger partial charge on any atom is -0.497 e. The maximum absolute atomic E-state index is 11.8. The van der Waals surface area contributed by atoms with Gasteiger partial charge in [-0.2, -0.15) is 5.06 Å². The SMILES string of the molecule is COC(=O)[C@H]1C[C@@H](c2ccco2)N(Cc2ccc(OC)cc2)O1. The van der Waals surface area contributed by atoms with E-state index in [-0.39, 0.29) is 12.0 Å². The summed E-state index contributed by atoms with van der Waals surface area (Å²) < 4.78 is 15.4. The van der Waals surface area contributed by atoms with E-state index in [4.69, 9.17) is 18.7 Å². The lowest BCUT2D eigenvalue weighted by Gasteiger charge is -2.21. The zero-order valence-electron chi connectivity index (χ0n) is 13.1. The van der Waals surface area contributed by atoms with E-state index in [1.54, 1.807) is 18.4 Å². The van der Waals surface area contributed by atoms with Crippen molar-refractivity contribution in [3.8, 4) is 5.75 Å². The molecule has 2 heterocycles. The zero-order valence-corrected chi connectivity index (χ0v) is 13.1. The average molecular weight is 317 g/mol. The molecule has 1 aliphatic heterocycles. The van der Waals surface area contributed by atoms with Gasteiger partial charge in [0.15, 0.2) is 6.10 Å². The fourth-order valence-corrected chi connectivity index (χ4v) is 2.67. The smallest absolute Gasteiger partial charge is 0.337 e. The molecule has 23 heavy (non-hydrogen) atoms. The van der Waals surface area contributed by atoms with Crippen LogP contribution in [-0.4, -0.2) is 31.4 Å². The normalized spacial score (nSPS) is 21.3. The van der Waals surface area contributed by atoms with E-state index >= 15 is 0 Å². The lowest BCUT2D eigenvalue weighted by molar-refractivity contribution is -0.192. The maximum atomic E-state index is 11.8. The number of carbonyl (C=O) groups is 1. The lowest BCUT2D eigenvalue weighted by Crippen LogP contribution is -2.25. The summed E-state index contributed by atoms with van der Waals surface area (Å²) >= 11 is 0. The summed E-state index contributed by atoms with van der Waals surface area (Å²) in [5, 5.41) is 1.77. The van der Waals surface area contributed by atoms with E-state index in [1.807, 2.05) is 36.4 Å². The Morgan fingerprint density at radius 2 is 2.04 bits per heavy atom. The molecule has 1 aromatic heterocycles. The molecule has 1 aromatic carbocycles. The standard InChI is InChI=1S/C17H19NO5/c1-20-13-7-5-12(6-8-13)11-18-14(15-4-3-9-22-15)10-16(23-18)17(19)21-2/h3-9,14,16H,10-11H2,1-2H3/t14-,16+/m0/s1. The van der Waals surface area contributed by atoms with Gasteiger partial charge in [-0.05, 0) is 29.8 Å². The molecule has 3 rings (SSSR count). The molecule has 6 heteroatoms. The van der Waals surface area contributed by atoms with Crippen molar-refractivity contribution < 1.29 is 23.5 Å². The molecule has 0 amide bonds. The fraction of sp³-hybridized carbons (Fsp3) is 0.353. The van der Waals surface area contributed by atoms with Crippen LogP contribution < -0.4 is 4.74 Å². The van der Waals surface area contributed by atoms with Crippen LogP contribution in [0.3, 0.4) is 0 Å². The summed E-state index contributed by atoms with van der Waals surface area (Å²) in [7, 11) is 2.99. The Balaban J connectivity index is 1.77. The number of hydroxylamine groups is 2. The highest BCUT2D eigenvalue weighted by Crippen LogP contribution is 2.36. The third-order valence-electron chi connectivity index (χ3n) is 3.88. The van der Waals surface area contributed by atoms with Crippen molar-refractivity contribution in [3.63, 3.8) is 0 Å². The summed E-state index contributed by atoms with van der Waals surface area (Å²) in [6.07, 6.45) is 1.50. The molecule has 0 saturated carbocycles. The zero-order chi connectivity index (χ0) is 16.2. The highest BCUT2D eigenvalue weighted by atomic mass is 16.7. The second-order valence-corrected chi connectivity index (χ2v) is 5.31. The Labute approximate surface area is 134 Å². The Hall–Kier alpha value is -2.31. The topological polar surface area (TPSA) is 61.1 Å². The molecule has 1 fully saturated rings. The molecule has 0 spiro atoms. The van der Waals surface area contributed by atoms with Crippen molar-refractivity contribution in [2.24, 2.45) is 0 Å². The van der Waals surface area contributed by atoms with E-state index in [9.17, 15) is 4.79 Å². The molecule has 2 atom stereocenters. The van der Waals surface area contributed by atoms with Crippen molar-refractivity contribution in [3.05, 3.63) is 54.0 Å². The van der Waals surface area contributed by atoms with E-state index in [1.165, 1.54) is 7.11 Å². The van der Waals surface area contributed by atoms with Crippen molar-refractivity contribution >= 4 is 5.97 Å². The number of carbonyl (C=O) groups excluding carboxylic acids is 1. The van der Waals surface area contributed by atoms with Gasteiger partial charge in [0, 0.05) is 13.0 Å². The molecule has 6 nitrogen and oxygen atoms in total. The van der Waals surface area contributed by atoms with Crippen molar-refractivity contribution in [1.29, 1.82) is 0 Å². The van der Waals surface area contributed by atoms with E-state index in [0.717, 1.165) is 17.1 Å². The van der Waals surface area contributed by atoms with Gasteiger partial charge in [-0.1, -0.05) is 12.1 Å². The van der Waals surface area contributed by atoms with Crippen LogP contribution in [0.4, 0.5) is 0 Å². The Kier molecular flexibility index (Phi) is 4.64. The first-order valence-electron chi connectivity index (χ1n) is 7.39. The van der Waals surface area contributed by atoms with E-state index in [2.05, 4.69) is 0 Å². The number of furan rings is 1. The number of methoxy groups -OCH3 is 2. The number of benzene rings is 1. The van der Waals surface area contributed by atoms with Crippen molar-refractivity contribution in [1.82, 2.24) is 5.06 Å². The van der Waals surface area contributed by atoms with E-state index in [0.29, 0.717) is 13.0 Å². The summed E-state index contributed by atoms with van der Waals surface area (Å²) in [5.74, 6) is 1.19. The van der Waals surface area contributed by atoms with Crippen LogP contribution in [0.15, 0.2) is 47.1 Å². The van der Waals surface area contributed by atoms with Gasteiger partial charge in [-0.3, -0.25) is 4.84 Å². The summed E-state index contributed by atoms with van der Waals surface area (Å²) in [5.41, 5.74) is 1.05. The molecule has 122 valence electrons. The number of hydrogen-bond acceptors (Lipinski definition) is 6. The van der Waals surface area contributed by atoms with Gasteiger partial charge in [0.25, 0.3) is 0 Å². The Morgan fingerprint density at radius 1 is 1.26 bits per heavy atom. The predicted molar refractivity (Wildman–Crippen MR) is 81.5 cm³/mol. The van der Waals surface area contributed by atoms with Crippen LogP contribution in [0.25, 0.3) is 0 Å². The fourth-order valence-electron chi connectivity index (χ4n) is 2.67. The number of esters is 1. The molecule has 1 aliphatic rings. The highest BCUT2D eigenvalue weighted by molar-refractivity contribution is 5.74. The van der Waals surface area contributed by atoms with Crippen molar-refractivity contribution in [2.75, 3.05) is 14.2 Å². The minimum atomic E-state index is -0.617. The van der Waals surface area contributed by atoms with Crippen LogP contribution >= 0.6 is 0 Å². The minimum absolute atomic E-state index is 0.129. The van der Waals surface area contributed by atoms with Gasteiger partial charge in [0.1, 0.15) is 11.5 Å². The number of ether oxygens (including phenoxy) is 2. The summed E-state index contributed by atoms with van der Waals surface area (Å²) in [6, 6.07) is 11.3. The molecule has 0 N–H and O–H groups in total. The Bertz CT molecular complexity index is 638.